The Morgan fingerprint density at radius 3 is 2.81 bits per heavy atom. The molecule has 21 heavy (non-hydrogen) atoms. The van der Waals surface area contributed by atoms with Crippen molar-refractivity contribution in [1.82, 2.24) is 15.3 Å². The molecule has 0 amide bonds. The van der Waals surface area contributed by atoms with Gasteiger partial charge in [0, 0.05) is 25.1 Å². The maximum Gasteiger partial charge on any atom is 0.137 e. The van der Waals surface area contributed by atoms with Gasteiger partial charge in [0.1, 0.15) is 12.4 Å². The lowest BCUT2D eigenvalue weighted by molar-refractivity contribution is 0.283. The van der Waals surface area contributed by atoms with Crippen LogP contribution in [0.3, 0.4) is 0 Å². The van der Waals surface area contributed by atoms with E-state index >= 15 is 0 Å². The molecule has 2 rings (SSSR count). The van der Waals surface area contributed by atoms with E-state index < -0.39 is 0 Å². The normalized spacial score (nSPS) is 12.1. The Balaban J connectivity index is 1.60. The van der Waals surface area contributed by atoms with Crippen LogP contribution in [0.5, 0.6) is 5.75 Å². The van der Waals surface area contributed by atoms with Gasteiger partial charge >= 0.3 is 0 Å². The van der Waals surface area contributed by atoms with Crippen LogP contribution in [0.2, 0.25) is 0 Å². The van der Waals surface area contributed by atoms with Crippen molar-refractivity contribution in [2.75, 3.05) is 19.7 Å². The predicted molar refractivity (Wildman–Crippen MR) is 83.3 cm³/mol. The number of pyridine rings is 2. The molecule has 2 aromatic heterocycles. The molecule has 2 aromatic rings. The summed E-state index contributed by atoms with van der Waals surface area (Å²) in [5, 5.41) is 3.34. The van der Waals surface area contributed by atoms with Crippen molar-refractivity contribution in [2.45, 2.75) is 19.4 Å². The minimum absolute atomic E-state index is 0.0389. The second-order valence-corrected chi connectivity index (χ2v) is 5.08. The first-order valence-electron chi connectivity index (χ1n) is 7.13. The minimum Gasteiger partial charge on any atom is -0.490 e. The number of nitrogens with two attached hydrogens (primary N) is 1. The molecule has 0 aromatic carbocycles. The lowest BCUT2D eigenvalue weighted by Gasteiger charge is -2.14. The fraction of sp³-hybridized carbons (Fsp3) is 0.375. The van der Waals surface area contributed by atoms with Crippen LogP contribution >= 0.6 is 0 Å². The van der Waals surface area contributed by atoms with E-state index in [1.54, 1.807) is 12.4 Å². The third kappa shape index (κ3) is 5.89. The summed E-state index contributed by atoms with van der Waals surface area (Å²) >= 11 is 0. The van der Waals surface area contributed by atoms with Crippen LogP contribution in [0, 0.1) is 6.92 Å². The van der Waals surface area contributed by atoms with Crippen LogP contribution in [-0.4, -0.2) is 35.7 Å². The fourth-order valence-electron chi connectivity index (χ4n) is 1.94. The summed E-state index contributed by atoms with van der Waals surface area (Å²) in [5.74, 6) is 0.766. The van der Waals surface area contributed by atoms with Gasteiger partial charge in [-0.1, -0.05) is 0 Å². The summed E-state index contributed by atoms with van der Waals surface area (Å²) in [7, 11) is 0. The number of nitrogens with one attached hydrogen (secondary N) is 1. The van der Waals surface area contributed by atoms with E-state index in [0.29, 0.717) is 6.61 Å². The van der Waals surface area contributed by atoms with Gasteiger partial charge in [0.05, 0.1) is 12.2 Å². The average Bonchev–Trinajstić information content (AvgIpc) is 2.51. The van der Waals surface area contributed by atoms with Crippen molar-refractivity contribution >= 4 is 0 Å². The molecule has 1 unspecified atom stereocenters. The SMILES string of the molecule is Cc1cncc(OCC(N)CNCCc2ccncc2)c1. The van der Waals surface area contributed by atoms with E-state index in [-0.39, 0.29) is 6.04 Å². The molecule has 2 heterocycles. The van der Waals surface area contributed by atoms with Gasteiger partial charge < -0.3 is 15.8 Å². The second kappa shape index (κ2) is 8.34. The van der Waals surface area contributed by atoms with Gasteiger partial charge in [-0.05, 0) is 49.2 Å². The summed E-state index contributed by atoms with van der Waals surface area (Å²) in [6, 6.07) is 5.96. The summed E-state index contributed by atoms with van der Waals surface area (Å²) in [5.41, 5.74) is 8.37. The molecule has 0 saturated heterocycles. The first-order chi connectivity index (χ1) is 10.2. The Morgan fingerprint density at radius 1 is 1.24 bits per heavy atom. The number of nitrogens with zero attached hydrogens (tertiary/aromatic N) is 2. The first-order valence-corrected chi connectivity index (χ1v) is 7.13. The molecular weight excluding hydrogens is 264 g/mol. The molecule has 3 N–H and O–H groups in total. The number of rotatable bonds is 8. The highest BCUT2D eigenvalue weighted by Crippen LogP contribution is 2.09. The number of ether oxygens (including phenoxy) is 1. The molecule has 0 fully saturated rings. The van der Waals surface area contributed by atoms with E-state index in [1.807, 2.05) is 37.5 Å². The average molecular weight is 286 g/mol. The van der Waals surface area contributed by atoms with Crippen LogP contribution < -0.4 is 15.8 Å². The lowest BCUT2D eigenvalue weighted by Crippen LogP contribution is -2.39. The van der Waals surface area contributed by atoms with Crippen LogP contribution in [-0.2, 0) is 6.42 Å². The zero-order valence-electron chi connectivity index (χ0n) is 12.3. The van der Waals surface area contributed by atoms with E-state index in [0.717, 1.165) is 30.8 Å². The maximum atomic E-state index is 6.02. The quantitative estimate of drug-likeness (QED) is 0.716. The van der Waals surface area contributed by atoms with Crippen LogP contribution in [0.1, 0.15) is 11.1 Å². The molecular formula is C16H22N4O. The first kappa shape index (κ1) is 15.4. The van der Waals surface area contributed by atoms with Gasteiger partial charge in [-0.15, -0.1) is 0 Å². The fourth-order valence-corrected chi connectivity index (χ4v) is 1.94. The Kier molecular flexibility index (Phi) is 6.12. The van der Waals surface area contributed by atoms with Gasteiger partial charge in [-0.3, -0.25) is 9.97 Å². The number of aromatic nitrogens is 2. The molecule has 5 nitrogen and oxygen atoms in total. The third-order valence-electron chi connectivity index (χ3n) is 3.06. The van der Waals surface area contributed by atoms with E-state index in [4.69, 9.17) is 10.5 Å². The molecule has 0 aliphatic rings. The van der Waals surface area contributed by atoms with Crippen LogP contribution in [0.4, 0.5) is 0 Å². The van der Waals surface area contributed by atoms with E-state index in [1.165, 1.54) is 5.56 Å². The largest absolute Gasteiger partial charge is 0.490 e. The standard InChI is InChI=1S/C16H22N4O/c1-13-8-16(11-20-9-13)21-12-15(17)10-19-7-4-14-2-5-18-6-3-14/h2-3,5-6,8-9,11,15,19H,4,7,10,12,17H2,1H3. The van der Waals surface area contributed by atoms with Crippen molar-refractivity contribution in [2.24, 2.45) is 5.73 Å². The highest BCUT2D eigenvalue weighted by atomic mass is 16.5. The highest BCUT2D eigenvalue weighted by molar-refractivity contribution is 5.22. The predicted octanol–water partition coefficient (Wildman–Crippen LogP) is 1.32. The summed E-state index contributed by atoms with van der Waals surface area (Å²) < 4.78 is 5.63. The molecule has 0 bridgehead atoms. The van der Waals surface area contributed by atoms with Gasteiger partial charge in [0.15, 0.2) is 0 Å². The van der Waals surface area contributed by atoms with Crippen molar-refractivity contribution in [3.8, 4) is 5.75 Å². The van der Waals surface area contributed by atoms with Gasteiger partial charge in [0.2, 0.25) is 0 Å². The Morgan fingerprint density at radius 2 is 2.05 bits per heavy atom. The number of aryl methyl sites for hydroxylation is 1. The maximum absolute atomic E-state index is 6.02. The smallest absolute Gasteiger partial charge is 0.137 e. The Labute approximate surface area is 125 Å². The molecule has 0 aliphatic heterocycles. The van der Waals surface area contributed by atoms with Crippen molar-refractivity contribution in [3.63, 3.8) is 0 Å². The minimum atomic E-state index is -0.0389. The van der Waals surface area contributed by atoms with E-state index in [2.05, 4.69) is 15.3 Å². The van der Waals surface area contributed by atoms with Gasteiger partial charge in [-0.25, -0.2) is 0 Å². The van der Waals surface area contributed by atoms with Gasteiger partial charge in [0.25, 0.3) is 0 Å². The second-order valence-electron chi connectivity index (χ2n) is 5.08. The van der Waals surface area contributed by atoms with Crippen molar-refractivity contribution in [1.29, 1.82) is 0 Å². The van der Waals surface area contributed by atoms with Crippen LogP contribution in [0.15, 0.2) is 43.0 Å². The monoisotopic (exact) mass is 286 g/mol. The Hall–Kier alpha value is -1.98. The summed E-state index contributed by atoms with van der Waals surface area (Å²) in [4.78, 5) is 8.08. The molecule has 0 spiro atoms. The molecule has 0 aliphatic carbocycles. The summed E-state index contributed by atoms with van der Waals surface area (Å²) in [6.45, 7) is 4.09. The van der Waals surface area contributed by atoms with Gasteiger partial charge in [-0.2, -0.15) is 0 Å². The summed E-state index contributed by atoms with van der Waals surface area (Å²) in [6.07, 6.45) is 8.09. The lowest BCUT2D eigenvalue weighted by atomic mass is 10.2. The Bertz CT molecular complexity index is 533. The van der Waals surface area contributed by atoms with Crippen molar-refractivity contribution < 1.29 is 4.74 Å². The molecule has 5 heteroatoms. The topological polar surface area (TPSA) is 73.1 Å². The van der Waals surface area contributed by atoms with Crippen molar-refractivity contribution in [3.05, 3.63) is 54.1 Å². The molecule has 1 atom stereocenters. The zero-order valence-corrected chi connectivity index (χ0v) is 12.3. The molecule has 0 saturated carbocycles. The highest BCUT2D eigenvalue weighted by Gasteiger charge is 2.04. The molecule has 112 valence electrons. The number of hydrogen-bond donors (Lipinski definition) is 2. The molecule has 0 radical (unpaired) electrons. The third-order valence-corrected chi connectivity index (χ3v) is 3.06. The zero-order chi connectivity index (χ0) is 14.9. The number of hydrogen-bond acceptors (Lipinski definition) is 5. The van der Waals surface area contributed by atoms with E-state index in [9.17, 15) is 0 Å². The van der Waals surface area contributed by atoms with Crippen LogP contribution in [0.25, 0.3) is 0 Å².